The van der Waals surface area contributed by atoms with E-state index in [4.69, 9.17) is 0 Å². The topological polar surface area (TPSA) is 42.7 Å². The van der Waals surface area contributed by atoms with Gasteiger partial charge in [0.15, 0.2) is 5.82 Å². The molecule has 2 aromatic rings. The average Bonchev–Trinajstić information content (AvgIpc) is 3.23. The van der Waals surface area contributed by atoms with Gasteiger partial charge in [0.2, 0.25) is 0 Å². The first-order valence-electron chi connectivity index (χ1n) is 7.21. The number of hydrogen-bond acceptors (Lipinski definition) is 3. The van der Waals surface area contributed by atoms with E-state index in [9.17, 15) is 4.39 Å². The van der Waals surface area contributed by atoms with Crippen molar-refractivity contribution in [1.82, 2.24) is 20.1 Å². The lowest BCUT2D eigenvalue weighted by atomic mass is 10.1. The monoisotopic (exact) mass is 272 g/mol. The minimum atomic E-state index is -0.199. The fourth-order valence-electron chi connectivity index (χ4n) is 2.97. The second-order valence-electron chi connectivity index (χ2n) is 5.70. The lowest BCUT2D eigenvalue weighted by molar-refractivity contribution is 0.377. The number of aromatic nitrogens is 3. The van der Waals surface area contributed by atoms with Crippen LogP contribution in [0.5, 0.6) is 0 Å². The van der Waals surface area contributed by atoms with Gasteiger partial charge in [0.1, 0.15) is 11.6 Å². The Hall–Kier alpha value is -1.75. The van der Waals surface area contributed by atoms with Gasteiger partial charge in [0.25, 0.3) is 0 Å². The molecule has 1 fully saturated rings. The van der Waals surface area contributed by atoms with E-state index >= 15 is 0 Å². The molecular weight excluding hydrogens is 255 g/mol. The Balaban J connectivity index is 1.61. The van der Waals surface area contributed by atoms with Crippen molar-refractivity contribution in [3.8, 4) is 0 Å². The van der Waals surface area contributed by atoms with Gasteiger partial charge in [-0.05, 0) is 36.5 Å². The Kier molecular flexibility index (Phi) is 2.80. The molecule has 1 aromatic heterocycles. The van der Waals surface area contributed by atoms with Crippen LogP contribution in [0.4, 0.5) is 4.39 Å². The molecule has 0 spiro atoms. The van der Waals surface area contributed by atoms with Crippen LogP contribution in [0.25, 0.3) is 0 Å². The summed E-state index contributed by atoms with van der Waals surface area (Å²) in [4.78, 5) is 0. The largest absolute Gasteiger partial charge is 0.312 e. The van der Waals surface area contributed by atoms with E-state index in [2.05, 4.69) is 20.1 Å². The van der Waals surface area contributed by atoms with Gasteiger partial charge >= 0.3 is 0 Å². The standard InChI is InChI=1S/C15H17FN4/c16-12-5-1-10(2-6-12)9-13-18-19-15-14(11-3-4-11)17-7-8-20(13)15/h1-2,5-6,11,14,17H,3-4,7-9H2. The van der Waals surface area contributed by atoms with Crippen LogP contribution in [0.3, 0.4) is 0 Å². The number of fused-ring (bicyclic) bond motifs is 1. The Morgan fingerprint density at radius 1 is 1.20 bits per heavy atom. The van der Waals surface area contributed by atoms with Crippen LogP contribution in [0.2, 0.25) is 0 Å². The van der Waals surface area contributed by atoms with Gasteiger partial charge in [-0.25, -0.2) is 4.39 Å². The van der Waals surface area contributed by atoms with Crippen molar-refractivity contribution in [2.24, 2.45) is 5.92 Å². The fourth-order valence-corrected chi connectivity index (χ4v) is 2.97. The summed E-state index contributed by atoms with van der Waals surface area (Å²) >= 11 is 0. The molecule has 2 aliphatic rings. The van der Waals surface area contributed by atoms with E-state index in [-0.39, 0.29) is 5.82 Å². The molecule has 4 nitrogen and oxygen atoms in total. The van der Waals surface area contributed by atoms with Crippen molar-refractivity contribution in [2.75, 3.05) is 6.54 Å². The third kappa shape index (κ3) is 2.12. The van der Waals surface area contributed by atoms with Crippen LogP contribution in [0.15, 0.2) is 24.3 Å². The molecule has 5 heteroatoms. The Morgan fingerprint density at radius 2 is 2.00 bits per heavy atom. The zero-order valence-corrected chi connectivity index (χ0v) is 11.2. The maximum absolute atomic E-state index is 12.9. The van der Waals surface area contributed by atoms with Crippen molar-refractivity contribution in [1.29, 1.82) is 0 Å². The second-order valence-corrected chi connectivity index (χ2v) is 5.70. The van der Waals surface area contributed by atoms with E-state index in [0.717, 1.165) is 36.2 Å². The average molecular weight is 272 g/mol. The maximum Gasteiger partial charge on any atom is 0.150 e. The summed E-state index contributed by atoms with van der Waals surface area (Å²) in [5.74, 6) is 2.60. The molecule has 4 rings (SSSR count). The first kappa shape index (κ1) is 12.0. The Labute approximate surface area is 117 Å². The lowest BCUT2D eigenvalue weighted by Gasteiger charge is -2.25. The van der Waals surface area contributed by atoms with Crippen molar-refractivity contribution in [3.05, 3.63) is 47.3 Å². The highest BCUT2D eigenvalue weighted by molar-refractivity contribution is 5.21. The van der Waals surface area contributed by atoms with Gasteiger partial charge in [0, 0.05) is 19.5 Å². The molecule has 0 saturated heterocycles. The van der Waals surface area contributed by atoms with Crippen LogP contribution in [0, 0.1) is 11.7 Å². The van der Waals surface area contributed by atoms with Gasteiger partial charge in [-0.3, -0.25) is 0 Å². The molecule has 1 aliphatic heterocycles. The quantitative estimate of drug-likeness (QED) is 0.930. The number of rotatable bonds is 3. The predicted molar refractivity (Wildman–Crippen MR) is 72.7 cm³/mol. The molecule has 1 unspecified atom stereocenters. The van der Waals surface area contributed by atoms with E-state index in [0.29, 0.717) is 12.5 Å². The normalized spacial score (nSPS) is 21.8. The third-order valence-corrected chi connectivity index (χ3v) is 4.20. The first-order valence-corrected chi connectivity index (χ1v) is 7.21. The minimum absolute atomic E-state index is 0.199. The molecule has 1 N–H and O–H groups in total. The molecule has 2 heterocycles. The maximum atomic E-state index is 12.9. The smallest absolute Gasteiger partial charge is 0.150 e. The van der Waals surface area contributed by atoms with Crippen LogP contribution in [-0.4, -0.2) is 21.3 Å². The summed E-state index contributed by atoms with van der Waals surface area (Å²) in [5, 5.41) is 12.3. The highest BCUT2D eigenvalue weighted by Gasteiger charge is 2.37. The molecule has 0 bridgehead atoms. The highest BCUT2D eigenvalue weighted by atomic mass is 19.1. The van der Waals surface area contributed by atoms with Gasteiger partial charge < -0.3 is 9.88 Å². The van der Waals surface area contributed by atoms with E-state index < -0.39 is 0 Å². The molecule has 20 heavy (non-hydrogen) atoms. The molecule has 1 saturated carbocycles. The zero-order valence-electron chi connectivity index (χ0n) is 11.2. The Bertz CT molecular complexity index is 615. The summed E-state index contributed by atoms with van der Waals surface area (Å²) in [7, 11) is 0. The summed E-state index contributed by atoms with van der Waals surface area (Å²) in [5.41, 5.74) is 1.07. The highest BCUT2D eigenvalue weighted by Crippen LogP contribution is 2.41. The SMILES string of the molecule is Fc1ccc(Cc2nnc3n2CCNC3C2CC2)cc1. The van der Waals surface area contributed by atoms with Gasteiger partial charge in [-0.15, -0.1) is 10.2 Å². The second kappa shape index (κ2) is 4.66. The summed E-state index contributed by atoms with van der Waals surface area (Å²) in [6.07, 6.45) is 3.29. The van der Waals surface area contributed by atoms with Crippen LogP contribution < -0.4 is 5.32 Å². The van der Waals surface area contributed by atoms with Crippen molar-refractivity contribution < 1.29 is 4.39 Å². The number of nitrogens with one attached hydrogen (secondary N) is 1. The molecule has 1 aromatic carbocycles. The molecule has 1 atom stereocenters. The number of nitrogens with zero attached hydrogens (tertiary/aromatic N) is 3. The summed E-state index contributed by atoms with van der Waals surface area (Å²) < 4.78 is 15.2. The third-order valence-electron chi connectivity index (χ3n) is 4.20. The van der Waals surface area contributed by atoms with E-state index in [1.165, 1.54) is 25.0 Å². The minimum Gasteiger partial charge on any atom is -0.312 e. The van der Waals surface area contributed by atoms with E-state index in [1.54, 1.807) is 0 Å². The summed E-state index contributed by atoms with van der Waals surface area (Å²) in [6.45, 7) is 1.89. The molecule has 1 aliphatic carbocycles. The Morgan fingerprint density at radius 3 is 2.75 bits per heavy atom. The van der Waals surface area contributed by atoms with E-state index in [1.807, 2.05) is 12.1 Å². The van der Waals surface area contributed by atoms with Crippen molar-refractivity contribution >= 4 is 0 Å². The van der Waals surface area contributed by atoms with Gasteiger partial charge in [0.05, 0.1) is 6.04 Å². The fraction of sp³-hybridized carbons (Fsp3) is 0.467. The first-order chi connectivity index (χ1) is 9.81. The van der Waals surface area contributed by atoms with Crippen molar-refractivity contribution in [2.45, 2.75) is 31.8 Å². The summed E-state index contributed by atoms with van der Waals surface area (Å²) in [6, 6.07) is 7.00. The predicted octanol–water partition coefficient (Wildman–Crippen LogP) is 2.06. The number of halogens is 1. The zero-order chi connectivity index (χ0) is 13.5. The molecule has 0 amide bonds. The number of hydrogen-bond donors (Lipinski definition) is 1. The number of benzene rings is 1. The van der Waals surface area contributed by atoms with Gasteiger partial charge in [-0.2, -0.15) is 0 Å². The lowest BCUT2D eigenvalue weighted by Crippen LogP contribution is -2.35. The van der Waals surface area contributed by atoms with Crippen LogP contribution >= 0.6 is 0 Å². The molecule has 0 radical (unpaired) electrons. The molecule has 104 valence electrons. The van der Waals surface area contributed by atoms with Crippen LogP contribution in [-0.2, 0) is 13.0 Å². The molecular formula is C15H17FN4. The van der Waals surface area contributed by atoms with Gasteiger partial charge in [-0.1, -0.05) is 12.1 Å². The van der Waals surface area contributed by atoms with Crippen LogP contribution in [0.1, 0.15) is 36.1 Å². The van der Waals surface area contributed by atoms with Crippen molar-refractivity contribution in [3.63, 3.8) is 0 Å².